The van der Waals surface area contributed by atoms with Gasteiger partial charge in [-0.2, -0.15) is 0 Å². The Balaban J connectivity index is 1.57. The zero-order chi connectivity index (χ0) is 27.2. The number of allylic oxidation sites excluding steroid dienone is 3. The van der Waals surface area contributed by atoms with Gasteiger partial charge in [0.2, 0.25) is 0 Å². The molecule has 1 aromatic carbocycles. The van der Waals surface area contributed by atoms with Gasteiger partial charge >= 0.3 is 11.9 Å². The molecule has 4 rings (SSSR count). The van der Waals surface area contributed by atoms with Gasteiger partial charge in [-0.05, 0) is 78.8 Å². The summed E-state index contributed by atoms with van der Waals surface area (Å²) in [5.74, 6) is 1.47. The molecule has 4 N–H and O–H groups in total. The molecule has 0 amide bonds. The fourth-order valence-electron chi connectivity index (χ4n) is 6.19. The van der Waals surface area contributed by atoms with Crippen molar-refractivity contribution in [3.63, 3.8) is 0 Å². The fourth-order valence-corrected chi connectivity index (χ4v) is 6.19. The first-order valence-electron chi connectivity index (χ1n) is 13.6. The normalized spacial score (nSPS) is 23.8. The second-order valence-corrected chi connectivity index (χ2v) is 10.6. The van der Waals surface area contributed by atoms with Gasteiger partial charge in [0.25, 0.3) is 0 Å². The summed E-state index contributed by atoms with van der Waals surface area (Å²) in [5, 5.41) is 13.5. The molecule has 0 saturated heterocycles. The molecule has 1 heterocycles. The molecule has 8 nitrogen and oxygen atoms in total. The van der Waals surface area contributed by atoms with Gasteiger partial charge in [0.05, 0.1) is 12.9 Å². The molecule has 3 aliphatic rings. The molecule has 0 spiro atoms. The number of carbonyl (C=O) groups is 2. The van der Waals surface area contributed by atoms with Crippen LogP contribution in [0.1, 0.15) is 63.5 Å². The Morgan fingerprint density at radius 3 is 2.66 bits per heavy atom. The average Bonchev–Trinajstić information content (AvgIpc) is 2.87. The number of ether oxygens (including phenoxy) is 3. The number of phenols is 1. The number of dihydropyridines is 1. The molecule has 1 saturated carbocycles. The van der Waals surface area contributed by atoms with Crippen molar-refractivity contribution in [2.24, 2.45) is 23.5 Å². The molecule has 1 fully saturated rings. The van der Waals surface area contributed by atoms with E-state index in [0.29, 0.717) is 49.2 Å². The van der Waals surface area contributed by atoms with E-state index in [4.69, 9.17) is 19.9 Å². The van der Waals surface area contributed by atoms with Gasteiger partial charge in [0, 0.05) is 32.7 Å². The minimum absolute atomic E-state index is 0.0407. The Bertz CT molecular complexity index is 1120. The van der Waals surface area contributed by atoms with Crippen LogP contribution in [-0.4, -0.2) is 42.9 Å². The standard InChI is InChI=1S/C30H40N2O6/c1-18(33)37-24(16-28(38-19(2)34)25-10-7-20-5-4-6-21(25)13-20)9-8-22-14-29(36-3)27(35)17-26(22)23-11-12-32-30(31)15-23/h7,10-11,14-15,17,20-21,24-25,28,32,35H,4-6,8-9,12-13,16,31H2,1-3H3/t20-,21-,24+,25+,28+/m0/s1. The van der Waals surface area contributed by atoms with Crippen molar-refractivity contribution in [3.05, 3.63) is 53.4 Å². The summed E-state index contributed by atoms with van der Waals surface area (Å²) < 4.78 is 17.0. The molecule has 206 valence electrons. The molecule has 1 aliphatic heterocycles. The molecule has 1 aromatic rings. The van der Waals surface area contributed by atoms with Crippen molar-refractivity contribution >= 4 is 17.5 Å². The number of esters is 2. The number of methoxy groups -OCH3 is 1. The van der Waals surface area contributed by atoms with Crippen molar-refractivity contribution in [3.8, 4) is 11.5 Å². The molecule has 8 heteroatoms. The smallest absolute Gasteiger partial charge is 0.302 e. The van der Waals surface area contributed by atoms with E-state index >= 15 is 0 Å². The number of benzene rings is 1. The highest BCUT2D eigenvalue weighted by Gasteiger charge is 2.37. The zero-order valence-corrected chi connectivity index (χ0v) is 22.6. The maximum absolute atomic E-state index is 12.1. The molecule has 2 aliphatic carbocycles. The van der Waals surface area contributed by atoms with Gasteiger partial charge in [0.1, 0.15) is 12.2 Å². The van der Waals surface area contributed by atoms with E-state index in [2.05, 4.69) is 17.5 Å². The Kier molecular flexibility index (Phi) is 9.02. The number of aryl methyl sites for hydroxylation is 1. The molecule has 0 aromatic heterocycles. The number of carbonyl (C=O) groups excluding carboxylic acids is 2. The number of nitrogens with one attached hydrogen (secondary N) is 1. The number of fused-ring (bicyclic) bond motifs is 2. The predicted molar refractivity (Wildman–Crippen MR) is 145 cm³/mol. The maximum Gasteiger partial charge on any atom is 0.302 e. The Morgan fingerprint density at radius 1 is 1.16 bits per heavy atom. The number of nitrogens with two attached hydrogens (primary N) is 1. The van der Waals surface area contributed by atoms with E-state index in [1.165, 1.54) is 33.8 Å². The lowest BCUT2D eigenvalue weighted by molar-refractivity contribution is -0.156. The molecule has 0 radical (unpaired) electrons. The highest BCUT2D eigenvalue weighted by Crippen LogP contribution is 2.42. The summed E-state index contributed by atoms with van der Waals surface area (Å²) in [6, 6.07) is 3.50. The third-order valence-corrected chi connectivity index (χ3v) is 7.87. The average molecular weight is 525 g/mol. The van der Waals surface area contributed by atoms with Crippen LogP contribution in [0.5, 0.6) is 11.5 Å². The summed E-state index contributed by atoms with van der Waals surface area (Å²) in [4.78, 5) is 24.2. The highest BCUT2D eigenvalue weighted by molar-refractivity contribution is 5.79. The number of rotatable bonds is 10. The lowest BCUT2D eigenvalue weighted by Gasteiger charge is -2.40. The topological polar surface area (TPSA) is 120 Å². The van der Waals surface area contributed by atoms with E-state index in [1.807, 2.05) is 18.2 Å². The third-order valence-electron chi connectivity index (χ3n) is 7.87. The van der Waals surface area contributed by atoms with Crippen LogP contribution in [0, 0.1) is 17.8 Å². The van der Waals surface area contributed by atoms with E-state index in [-0.39, 0.29) is 29.7 Å². The zero-order valence-electron chi connectivity index (χ0n) is 22.6. The van der Waals surface area contributed by atoms with Crippen molar-refractivity contribution in [1.82, 2.24) is 5.32 Å². The largest absolute Gasteiger partial charge is 0.504 e. The van der Waals surface area contributed by atoms with Gasteiger partial charge in [0.15, 0.2) is 11.5 Å². The van der Waals surface area contributed by atoms with Crippen LogP contribution >= 0.6 is 0 Å². The van der Waals surface area contributed by atoms with Crippen LogP contribution in [0.4, 0.5) is 0 Å². The van der Waals surface area contributed by atoms with Gasteiger partial charge < -0.3 is 30.4 Å². The lowest BCUT2D eigenvalue weighted by atomic mass is 9.68. The number of phenolic OH excluding ortho intramolecular Hbond substituents is 1. The third kappa shape index (κ3) is 6.91. The predicted octanol–water partition coefficient (Wildman–Crippen LogP) is 4.37. The Morgan fingerprint density at radius 2 is 1.95 bits per heavy atom. The lowest BCUT2D eigenvalue weighted by Crippen LogP contribution is -2.38. The molecular weight excluding hydrogens is 484 g/mol. The second kappa shape index (κ2) is 12.4. The molecule has 5 atom stereocenters. The number of hydrogen-bond acceptors (Lipinski definition) is 8. The highest BCUT2D eigenvalue weighted by atomic mass is 16.6. The van der Waals surface area contributed by atoms with Crippen LogP contribution in [0.3, 0.4) is 0 Å². The molecular formula is C30H40N2O6. The summed E-state index contributed by atoms with van der Waals surface area (Å²) in [6.07, 6.45) is 13.7. The van der Waals surface area contributed by atoms with Gasteiger partial charge in [-0.15, -0.1) is 0 Å². The minimum Gasteiger partial charge on any atom is -0.504 e. The van der Waals surface area contributed by atoms with Gasteiger partial charge in [-0.3, -0.25) is 9.59 Å². The van der Waals surface area contributed by atoms with Crippen molar-refractivity contribution < 1.29 is 28.9 Å². The minimum atomic E-state index is -0.443. The van der Waals surface area contributed by atoms with Crippen LogP contribution in [-0.2, 0) is 25.5 Å². The molecule has 38 heavy (non-hydrogen) atoms. The summed E-state index contributed by atoms with van der Waals surface area (Å²) in [6.45, 7) is 3.43. The van der Waals surface area contributed by atoms with Crippen molar-refractivity contribution in [1.29, 1.82) is 0 Å². The quantitative estimate of drug-likeness (QED) is 0.305. The van der Waals surface area contributed by atoms with Crippen molar-refractivity contribution in [2.45, 2.75) is 71.0 Å². The summed E-state index contributed by atoms with van der Waals surface area (Å²) >= 11 is 0. The van der Waals surface area contributed by atoms with E-state index < -0.39 is 6.10 Å². The Labute approximate surface area is 224 Å². The Hall–Kier alpha value is -3.42. The van der Waals surface area contributed by atoms with Crippen LogP contribution in [0.25, 0.3) is 5.57 Å². The summed E-state index contributed by atoms with van der Waals surface area (Å²) in [5.41, 5.74) is 8.68. The van der Waals surface area contributed by atoms with Gasteiger partial charge in [-0.1, -0.05) is 24.6 Å². The van der Waals surface area contributed by atoms with Gasteiger partial charge in [-0.25, -0.2) is 0 Å². The molecule has 2 bridgehead atoms. The first-order valence-corrected chi connectivity index (χ1v) is 13.6. The van der Waals surface area contributed by atoms with E-state index in [0.717, 1.165) is 29.5 Å². The first-order chi connectivity index (χ1) is 18.2. The number of hydrogen-bond donors (Lipinski definition) is 3. The van der Waals surface area contributed by atoms with Crippen LogP contribution in [0.15, 0.2) is 42.3 Å². The maximum atomic E-state index is 12.1. The van der Waals surface area contributed by atoms with E-state index in [1.54, 1.807) is 6.07 Å². The monoisotopic (exact) mass is 524 g/mol. The first kappa shape index (κ1) is 27.6. The molecule has 0 unspecified atom stereocenters. The fraction of sp³-hybridized carbons (Fsp3) is 0.533. The second-order valence-electron chi connectivity index (χ2n) is 10.6. The van der Waals surface area contributed by atoms with Crippen molar-refractivity contribution in [2.75, 3.05) is 13.7 Å². The SMILES string of the molecule is COc1cc(CC[C@H](C[C@@H](OC(C)=O)[C@@H]2C=C[C@@H]3CCC[C@H]2C3)OC(C)=O)c(C2=CCNC(N)=C2)cc1O. The summed E-state index contributed by atoms with van der Waals surface area (Å²) in [7, 11) is 1.51. The van der Waals surface area contributed by atoms with Crippen LogP contribution in [0.2, 0.25) is 0 Å². The van der Waals surface area contributed by atoms with Crippen LogP contribution < -0.4 is 15.8 Å². The van der Waals surface area contributed by atoms with E-state index in [9.17, 15) is 14.7 Å². The number of aromatic hydroxyl groups is 1.